The van der Waals surface area contributed by atoms with Crippen molar-refractivity contribution in [3.8, 4) is 0 Å². The average molecular weight is 317 g/mol. The van der Waals surface area contributed by atoms with Crippen LogP contribution in [0.25, 0.3) is 5.65 Å². The van der Waals surface area contributed by atoms with Crippen molar-refractivity contribution in [3.63, 3.8) is 0 Å². The van der Waals surface area contributed by atoms with Gasteiger partial charge in [-0.05, 0) is 31.9 Å². The highest BCUT2D eigenvalue weighted by molar-refractivity contribution is 5.85. The van der Waals surface area contributed by atoms with Crippen LogP contribution in [0, 0.1) is 6.92 Å². The monoisotopic (exact) mass is 317 g/mol. The molecule has 0 bridgehead atoms. The van der Waals surface area contributed by atoms with Crippen molar-refractivity contribution in [3.05, 3.63) is 35.8 Å². The third-order valence-electron chi connectivity index (χ3n) is 3.54. The molecular formula is C17H23N3O3. The molecule has 1 amide bonds. The minimum Gasteiger partial charge on any atom is -0.464 e. The number of carbonyl (C=O) groups is 2. The molecule has 1 atom stereocenters. The Bertz CT molecular complexity index is 693. The maximum atomic E-state index is 12.1. The molecule has 6 nitrogen and oxygen atoms in total. The number of fused-ring (bicyclic) bond motifs is 1. The van der Waals surface area contributed by atoms with Crippen molar-refractivity contribution >= 4 is 17.5 Å². The van der Waals surface area contributed by atoms with Crippen LogP contribution in [0.1, 0.15) is 37.9 Å². The van der Waals surface area contributed by atoms with E-state index in [-0.39, 0.29) is 12.3 Å². The Kier molecular flexibility index (Phi) is 5.73. The van der Waals surface area contributed by atoms with Crippen LogP contribution < -0.4 is 5.32 Å². The minimum atomic E-state index is -0.655. The van der Waals surface area contributed by atoms with E-state index in [0.717, 1.165) is 24.1 Å². The van der Waals surface area contributed by atoms with Crippen molar-refractivity contribution < 1.29 is 14.3 Å². The molecule has 6 heteroatoms. The third-order valence-corrected chi connectivity index (χ3v) is 3.54. The molecule has 0 aliphatic heterocycles. The number of hydrogen-bond donors (Lipinski definition) is 1. The summed E-state index contributed by atoms with van der Waals surface area (Å²) in [6, 6.07) is 3.25. The van der Waals surface area contributed by atoms with E-state index in [2.05, 4.69) is 10.3 Å². The summed E-state index contributed by atoms with van der Waals surface area (Å²) in [6.45, 7) is 6.01. The first-order chi connectivity index (χ1) is 11.0. The van der Waals surface area contributed by atoms with Crippen LogP contribution >= 0.6 is 0 Å². The highest BCUT2D eigenvalue weighted by atomic mass is 16.5. The molecule has 0 fully saturated rings. The lowest BCUT2D eigenvalue weighted by Crippen LogP contribution is -2.40. The van der Waals surface area contributed by atoms with E-state index in [1.807, 2.05) is 42.8 Å². The van der Waals surface area contributed by atoms with Crippen LogP contribution in [0.15, 0.2) is 24.5 Å². The summed E-state index contributed by atoms with van der Waals surface area (Å²) in [4.78, 5) is 28.2. The number of carbonyl (C=O) groups excluding carboxylic acids is 2. The maximum Gasteiger partial charge on any atom is 0.328 e. The molecule has 0 saturated carbocycles. The molecule has 0 saturated heterocycles. The fraction of sp³-hybridized carbons (Fsp3) is 0.471. The zero-order valence-electron chi connectivity index (χ0n) is 13.8. The predicted octanol–water partition coefficient (Wildman–Crippen LogP) is 2.03. The Balaban J connectivity index is 1.90. The second-order valence-electron chi connectivity index (χ2n) is 5.64. The van der Waals surface area contributed by atoms with Crippen molar-refractivity contribution in [1.82, 2.24) is 14.7 Å². The van der Waals surface area contributed by atoms with Gasteiger partial charge in [-0.3, -0.25) is 4.79 Å². The van der Waals surface area contributed by atoms with Gasteiger partial charge in [0.05, 0.1) is 18.7 Å². The van der Waals surface area contributed by atoms with E-state index < -0.39 is 12.0 Å². The van der Waals surface area contributed by atoms with Crippen LogP contribution in [-0.4, -0.2) is 33.9 Å². The Morgan fingerprint density at radius 1 is 1.43 bits per heavy atom. The van der Waals surface area contributed by atoms with Crippen molar-refractivity contribution in [2.75, 3.05) is 6.61 Å². The number of unbranched alkanes of at least 4 members (excludes halogenated alkanes) is 1. The van der Waals surface area contributed by atoms with Gasteiger partial charge in [0.25, 0.3) is 0 Å². The second kappa shape index (κ2) is 7.76. The SMILES string of the molecule is CCCCOC(=O)[C@H](C)NC(=O)Cc1cn2cccc(C)c2n1. The van der Waals surface area contributed by atoms with Gasteiger partial charge in [0.1, 0.15) is 11.7 Å². The van der Waals surface area contributed by atoms with Crippen LogP contribution in [0.5, 0.6) is 0 Å². The molecule has 2 aromatic rings. The lowest BCUT2D eigenvalue weighted by Gasteiger charge is -2.12. The average Bonchev–Trinajstić information content (AvgIpc) is 2.91. The van der Waals surface area contributed by atoms with Crippen molar-refractivity contribution in [1.29, 1.82) is 0 Å². The standard InChI is InChI=1S/C17H23N3O3/c1-4-5-9-23-17(22)13(3)18-15(21)10-14-11-20-8-6-7-12(2)16(20)19-14/h6-8,11,13H,4-5,9-10H2,1-3H3,(H,18,21)/t13-/m0/s1. The largest absolute Gasteiger partial charge is 0.464 e. The number of aromatic nitrogens is 2. The molecule has 2 heterocycles. The number of rotatable bonds is 7. The number of imidazole rings is 1. The summed E-state index contributed by atoms with van der Waals surface area (Å²) < 4.78 is 6.97. The number of nitrogens with one attached hydrogen (secondary N) is 1. The third kappa shape index (κ3) is 4.55. The Labute approximate surface area is 135 Å². The summed E-state index contributed by atoms with van der Waals surface area (Å²) in [5.74, 6) is -0.649. The molecular weight excluding hydrogens is 294 g/mol. The smallest absolute Gasteiger partial charge is 0.328 e. The van der Waals surface area contributed by atoms with Gasteiger partial charge < -0.3 is 14.5 Å². The molecule has 0 aliphatic rings. The van der Waals surface area contributed by atoms with Crippen molar-refractivity contribution in [2.45, 2.75) is 46.1 Å². The Hall–Kier alpha value is -2.37. The number of esters is 1. The molecule has 1 N–H and O–H groups in total. The summed E-state index contributed by atoms with van der Waals surface area (Å²) in [7, 11) is 0. The van der Waals surface area contributed by atoms with Crippen LogP contribution in [-0.2, 0) is 20.7 Å². The van der Waals surface area contributed by atoms with Gasteiger partial charge >= 0.3 is 5.97 Å². The summed E-state index contributed by atoms with van der Waals surface area (Å²) in [5, 5.41) is 2.65. The van der Waals surface area contributed by atoms with Crippen LogP contribution in [0.2, 0.25) is 0 Å². The first kappa shape index (κ1) is 17.0. The number of amides is 1. The molecule has 124 valence electrons. The summed E-state index contributed by atoms with van der Waals surface area (Å²) in [5.41, 5.74) is 2.55. The quantitative estimate of drug-likeness (QED) is 0.626. The highest BCUT2D eigenvalue weighted by Gasteiger charge is 2.17. The van der Waals surface area contributed by atoms with E-state index in [4.69, 9.17) is 4.74 Å². The van der Waals surface area contributed by atoms with Crippen LogP contribution in [0.4, 0.5) is 0 Å². The molecule has 0 aliphatic carbocycles. The lowest BCUT2D eigenvalue weighted by molar-refractivity contribution is -0.147. The van der Waals surface area contributed by atoms with Crippen molar-refractivity contribution in [2.24, 2.45) is 0 Å². The van der Waals surface area contributed by atoms with Gasteiger partial charge in [-0.1, -0.05) is 19.4 Å². The van der Waals surface area contributed by atoms with Gasteiger partial charge in [-0.2, -0.15) is 0 Å². The van der Waals surface area contributed by atoms with E-state index in [1.54, 1.807) is 6.92 Å². The summed E-state index contributed by atoms with van der Waals surface area (Å²) in [6.07, 6.45) is 5.64. The predicted molar refractivity (Wildman–Crippen MR) is 87.1 cm³/mol. The van der Waals surface area contributed by atoms with Gasteiger partial charge in [0.15, 0.2) is 0 Å². The lowest BCUT2D eigenvalue weighted by atomic mass is 10.2. The number of pyridine rings is 1. The van der Waals surface area contributed by atoms with Gasteiger partial charge in [0.2, 0.25) is 5.91 Å². The zero-order valence-corrected chi connectivity index (χ0v) is 13.8. The van der Waals surface area contributed by atoms with E-state index >= 15 is 0 Å². The molecule has 23 heavy (non-hydrogen) atoms. The van der Waals surface area contributed by atoms with E-state index in [0.29, 0.717) is 12.3 Å². The molecule has 0 aromatic carbocycles. The first-order valence-corrected chi connectivity index (χ1v) is 7.90. The van der Waals surface area contributed by atoms with Gasteiger partial charge in [-0.25, -0.2) is 9.78 Å². The highest BCUT2D eigenvalue weighted by Crippen LogP contribution is 2.10. The zero-order chi connectivity index (χ0) is 16.8. The maximum absolute atomic E-state index is 12.1. The molecule has 2 rings (SSSR count). The van der Waals surface area contributed by atoms with Gasteiger partial charge in [0, 0.05) is 12.4 Å². The number of nitrogens with zero attached hydrogens (tertiary/aromatic N) is 2. The van der Waals surface area contributed by atoms with Crippen LogP contribution in [0.3, 0.4) is 0 Å². The normalized spacial score (nSPS) is 12.1. The number of aryl methyl sites for hydroxylation is 1. The Morgan fingerprint density at radius 3 is 2.91 bits per heavy atom. The topological polar surface area (TPSA) is 72.7 Å². The molecule has 0 spiro atoms. The Morgan fingerprint density at radius 2 is 2.22 bits per heavy atom. The second-order valence-corrected chi connectivity index (χ2v) is 5.64. The molecule has 0 radical (unpaired) electrons. The fourth-order valence-corrected chi connectivity index (χ4v) is 2.25. The fourth-order valence-electron chi connectivity index (χ4n) is 2.25. The van der Waals surface area contributed by atoms with E-state index in [9.17, 15) is 9.59 Å². The minimum absolute atomic E-state index is 0.133. The number of hydrogen-bond acceptors (Lipinski definition) is 4. The van der Waals surface area contributed by atoms with Gasteiger partial charge in [-0.15, -0.1) is 0 Å². The van der Waals surface area contributed by atoms with E-state index in [1.165, 1.54) is 0 Å². The first-order valence-electron chi connectivity index (χ1n) is 7.90. The number of ether oxygens (including phenoxy) is 1. The summed E-state index contributed by atoms with van der Waals surface area (Å²) >= 11 is 0. The molecule has 0 unspecified atom stereocenters. The molecule has 2 aromatic heterocycles.